The Morgan fingerprint density at radius 2 is 1.54 bits per heavy atom. The number of anilines is 1. The molecule has 8 nitrogen and oxygen atoms in total. The number of nitrogens with one attached hydrogen (secondary N) is 1. The van der Waals surface area contributed by atoms with E-state index in [2.05, 4.69) is 5.32 Å². The Hall–Kier alpha value is -3.85. The number of carbonyl (C=O) groups excluding carboxylic acids is 2. The number of hydrogen-bond donors (Lipinski definition) is 1. The molecule has 0 saturated carbocycles. The molecule has 0 aromatic heterocycles. The number of sulfonamides is 1. The predicted octanol–water partition coefficient (Wildman–Crippen LogP) is 4.53. The van der Waals surface area contributed by atoms with E-state index in [0.29, 0.717) is 5.75 Å². The molecule has 3 rings (SSSR count). The van der Waals surface area contributed by atoms with E-state index in [1.54, 1.807) is 49.4 Å². The van der Waals surface area contributed by atoms with Crippen molar-refractivity contribution < 1.29 is 22.7 Å². The number of ether oxygens (including phenoxy) is 1. The Kier molecular flexibility index (Phi) is 10.1. The van der Waals surface area contributed by atoms with Gasteiger partial charge in [0.2, 0.25) is 11.8 Å². The van der Waals surface area contributed by atoms with Crippen LogP contribution < -0.4 is 14.4 Å². The van der Waals surface area contributed by atoms with Crippen molar-refractivity contribution in [2.45, 2.75) is 57.6 Å². The molecule has 208 valence electrons. The van der Waals surface area contributed by atoms with E-state index in [4.69, 9.17) is 4.74 Å². The smallest absolute Gasteiger partial charge is 0.264 e. The molecule has 3 aromatic rings. The van der Waals surface area contributed by atoms with Gasteiger partial charge in [-0.25, -0.2) is 8.42 Å². The molecule has 0 spiro atoms. The average Bonchev–Trinajstić information content (AvgIpc) is 2.95. The maximum atomic E-state index is 14.0. The third-order valence-electron chi connectivity index (χ3n) is 6.61. The molecule has 0 aliphatic heterocycles. The summed E-state index contributed by atoms with van der Waals surface area (Å²) in [6.07, 6.45) is 0.737. The van der Waals surface area contributed by atoms with Crippen molar-refractivity contribution in [2.75, 3.05) is 18.0 Å². The predicted molar refractivity (Wildman–Crippen MR) is 153 cm³/mol. The van der Waals surface area contributed by atoms with Gasteiger partial charge in [-0.05, 0) is 57.0 Å². The minimum atomic E-state index is -4.16. The van der Waals surface area contributed by atoms with Crippen LogP contribution in [0.15, 0.2) is 83.8 Å². The highest BCUT2D eigenvalue weighted by molar-refractivity contribution is 7.92. The van der Waals surface area contributed by atoms with Crippen LogP contribution in [0.3, 0.4) is 0 Å². The molecule has 9 heteroatoms. The van der Waals surface area contributed by atoms with Crippen LogP contribution in [0.1, 0.15) is 38.3 Å². The first-order valence-corrected chi connectivity index (χ1v) is 14.4. The maximum absolute atomic E-state index is 14.0. The second kappa shape index (κ2) is 13.3. The molecule has 1 N–H and O–H groups in total. The fourth-order valence-corrected chi connectivity index (χ4v) is 5.45. The van der Waals surface area contributed by atoms with E-state index in [-0.39, 0.29) is 29.1 Å². The van der Waals surface area contributed by atoms with Gasteiger partial charge in [-0.15, -0.1) is 0 Å². The molecule has 39 heavy (non-hydrogen) atoms. The Balaban J connectivity index is 2.04. The minimum absolute atomic E-state index is 0.0383. The monoisotopic (exact) mass is 551 g/mol. The van der Waals surface area contributed by atoms with Crippen LogP contribution in [-0.4, -0.2) is 50.9 Å². The zero-order valence-electron chi connectivity index (χ0n) is 23.1. The summed E-state index contributed by atoms with van der Waals surface area (Å²) in [7, 11) is -2.71. The van der Waals surface area contributed by atoms with Crippen LogP contribution in [0.2, 0.25) is 0 Å². The fourth-order valence-electron chi connectivity index (χ4n) is 4.01. The Morgan fingerprint density at radius 3 is 2.15 bits per heavy atom. The fraction of sp³-hybridized carbons (Fsp3) is 0.333. The standard InChI is InChI=1S/C30H37N3O5S/c1-6-23(3)31-30(35)24(4)32(20-25-18-16-22(2)17-19-25)29(34)21-33(27-14-10-11-15-28(27)38-5)39(36,37)26-12-8-7-9-13-26/h7-19,23-24H,6,20-21H2,1-5H3,(H,31,35)/t23-,24+/m0/s1. The molecule has 0 bridgehead atoms. The lowest BCUT2D eigenvalue weighted by Gasteiger charge is -2.32. The van der Waals surface area contributed by atoms with Gasteiger partial charge < -0.3 is 15.0 Å². The molecule has 3 aromatic carbocycles. The molecule has 0 unspecified atom stereocenters. The second-order valence-electron chi connectivity index (χ2n) is 9.50. The summed E-state index contributed by atoms with van der Waals surface area (Å²) in [4.78, 5) is 28.6. The van der Waals surface area contributed by atoms with Crippen LogP contribution in [0.5, 0.6) is 5.75 Å². The topological polar surface area (TPSA) is 96.0 Å². The van der Waals surface area contributed by atoms with Gasteiger partial charge in [0.05, 0.1) is 17.7 Å². The first kappa shape index (κ1) is 29.7. The molecule has 0 aliphatic carbocycles. The molecular weight excluding hydrogens is 514 g/mol. The number of methoxy groups -OCH3 is 1. The van der Waals surface area contributed by atoms with Gasteiger partial charge in [0.25, 0.3) is 10.0 Å². The Bertz CT molecular complexity index is 1360. The lowest BCUT2D eigenvalue weighted by Crippen LogP contribution is -2.52. The molecule has 2 atom stereocenters. The van der Waals surface area contributed by atoms with Gasteiger partial charge in [0.15, 0.2) is 0 Å². The van der Waals surface area contributed by atoms with Crippen LogP contribution in [0.25, 0.3) is 0 Å². The SMILES string of the molecule is CC[C@H](C)NC(=O)[C@@H](C)N(Cc1ccc(C)cc1)C(=O)CN(c1ccccc1OC)S(=O)(=O)c1ccccc1. The van der Waals surface area contributed by atoms with E-state index >= 15 is 0 Å². The van der Waals surface area contributed by atoms with Gasteiger partial charge >= 0.3 is 0 Å². The Labute approximate surface area is 231 Å². The van der Waals surface area contributed by atoms with Gasteiger partial charge in [0.1, 0.15) is 18.3 Å². The number of carbonyl (C=O) groups is 2. The summed E-state index contributed by atoms with van der Waals surface area (Å²) in [5.74, 6) is -0.523. The minimum Gasteiger partial charge on any atom is -0.495 e. The number of benzene rings is 3. The number of rotatable bonds is 12. The molecular formula is C30H37N3O5S. The third kappa shape index (κ3) is 7.38. The summed E-state index contributed by atoms with van der Waals surface area (Å²) in [5, 5.41) is 2.93. The van der Waals surface area contributed by atoms with Crippen LogP contribution >= 0.6 is 0 Å². The lowest BCUT2D eigenvalue weighted by atomic mass is 10.1. The number of nitrogens with zero attached hydrogens (tertiary/aromatic N) is 2. The first-order chi connectivity index (χ1) is 18.6. The van der Waals surface area contributed by atoms with Crippen molar-refractivity contribution in [1.82, 2.24) is 10.2 Å². The van der Waals surface area contributed by atoms with Gasteiger partial charge in [-0.3, -0.25) is 13.9 Å². The lowest BCUT2D eigenvalue weighted by molar-refractivity contribution is -0.139. The first-order valence-electron chi connectivity index (χ1n) is 12.9. The van der Waals surface area contributed by atoms with E-state index in [1.807, 2.05) is 45.0 Å². The average molecular weight is 552 g/mol. The molecule has 0 fully saturated rings. The van der Waals surface area contributed by atoms with E-state index in [0.717, 1.165) is 21.9 Å². The van der Waals surface area contributed by atoms with Crippen molar-refractivity contribution in [3.63, 3.8) is 0 Å². The van der Waals surface area contributed by atoms with Crippen LogP contribution in [0, 0.1) is 6.92 Å². The van der Waals surface area contributed by atoms with Crippen LogP contribution in [0.4, 0.5) is 5.69 Å². The Morgan fingerprint density at radius 1 is 0.923 bits per heavy atom. The van der Waals surface area contributed by atoms with Gasteiger partial charge in [0, 0.05) is 12.6 Å². The maximum Gasteiger partial charge on any atom is 0.264 e. The second-order valence-corrected chi connectivity index (χ2v) is 11.4. The normalized spacial score (nSPS) is 12.7. The zero-order valence-corrected chi connectivity index (χ0v) is 23.9. The molecule has 0 heterocycles. The zero-order chi connectivity index (χ0) is 28.6. The summed E-state index contributed by atoms with van der Waals surface area (Å²) in [5.41, 5.74) is 2.12. The number of amides is 2. The van der Waals surface area contributed by atoms with Crippen LogP contribution in [-0.2, 0) is 26.2 Å². The van der Waals surface area contributed by atoms with Crippen molar-refractivity contribution in [2.24, 2.45) is 0 Å². The quantitative estimate of drug-likeness (QED) is 0.357. The summed E-state index contributed by atoms with van der Waals surface area (Å²) in [6.45, 7) is 7.10. The van der Waals surface area contributed by atoms with Crippen molar-refractivity contribution >= 4 is 27.5 Å². The van der Waals surface area contributed by atoms with Gasteiger partial charge in [-0.2, -0.15) is 0 Å². The summed E-state index contributed by atoms with van der Waals surface area (Å²) >= 11 is 0. The molecule has 2 amide bonds. The van der Waals surface area contributed by atoms with Gasteiger partial charge in [-0.1, -0.05) is 67.1 Å². The number of para-hydroxylation sites is 2. The van der Waals surface area contributed by atoms with Crippen molar-refractivity contribution in [3.05, 3.63) is 90.0 Å². The summed E-state index contributed by atoms with van der Waals surface area (Å²) in [6, 6.07) is 21.3. The van der Waals surface area contributed by atoms with E-state index in [9.17, 15) is 18.0 Å². The van der Waals surface area contributed by atoms with Crippen molar-refractivity contribution in [1.29, 1.82) is 0 Å². The van der Waals surface area contributed by atoms with E-state index in [1.165, 1.54) is 24.1 Å². The number of hydrogen-bond acceptors (Lipinski definition) is 5. The highest BCUT2D eigenvalue weighted by Crippen LogP contribution is 2.32. The number of aryl methyl sites for hydroxylation is 1. The largest absolute Gasteiger partial charge is 0.495 e. The van der Waals surface area contributed by atoms with Crippen molar-refractivity contribution in [3.8, 4) is 5.75 Å². The molecule has 0 aliphatic rings. The molecule has 0 saturated heterocycles. The highest BCUT2D eigenvalue weighted by atomic mass is 32.2. The summed E-state index contributed by atoms with van der Waals surface area (Å²) < 4.78 is 34.2. The van der Waals surface area contributed by atoms with E-state index < -0.39 is 28.5 Å². The molecule has 0 radical (unpaired) electrons. The third-order valence-corrected chi connectivity index (χ3v) is 8.38. The highest BCUT2D eigenvalue weighted by Gasteiger charge is 2.33.